The van der Waals surface area contributed by atoms with E-state index in [4.69, 9.17) is 0 Å². The second kappa shape index (κ2) is 7.29. The molecule has 1 atom stereocenters. The number of benzene rings is 1. The van der Waals surface area contributed by atoms with E-state index in [-0.39, 0.29) is 0 Å². The van der Waals surface area contributed by atoms with Gasteiger partial charge in [-0.3, -0.25) is 0 Å². The van der Waals surface area contributed by atoms with E-state index < -0.39 is 5.97 Å². The van der Waals surface area contributed by atoms with Crippen LogP contribution in [0.1, 0.15) is 43.0 Å². The van der Waals surface area contributed by atoms with Crippen molar-refractivity contribution in [3.05, 3.63) is 29.8 Å². The predicted molar refractivity (Wildman–Crippen MR) is 81.4 cm³/mol. The number of nitrogens with one attached hydrogen (secondary N) is 1. The van der Waals surface area contributed by atoms with Gasteiger partial charge in [0.2, 0.25) is 0 Å². The summed E-state index contributed by atoms with van der Waals surface area (Å²) in [6.07, 6.45) is 4.55. The molecule has 1 aliphatic heterocycles. The fraction of sp³-hybridized carbons (Fsp3) is 0.562. The molecule has 4 nitrogen and oxygen atoms in total. The van der Waals surface area contributed by atoms with Crippen molar-refractivity contribution >= 4 is 11.7 Å². The third-order valence-corrected chi connectivity index (χ3v) is 3.88. The first-order chi connectivity index (χ1) is 9.70. The van der Waals surface area contributed by atoms with Crippen molar-refractivity contribution in [3.8, 4) is 0 Å². The number of likely N-dealkylation sites (tertiary alicyclic amines) is 1. The van der Waals surface area contributed by atoms with Crippen molar-refractivity contribution in [1.29, 1.82) is 0 Å². The first-order valence-electron chi connectivity index (χ1n) is 7.52. The van der Waals surface area contributed by atoms with Crippen LogP contribution < -0.4 is 5.32 Å². The average Bonchev–Trinajstić information content (AvgIpc) is 2.65. The van der Waals surface area contributed by atoms with Gasteiger partial charge in [-0.15, -0.1) is 0 Å². The minimum atomic E-state index is -0.866. The van der Waals surface area contributed by atoms with E-state index in [9.17, 15) is 9.90 Å². The summed E-state index contributed by atoms with van der Waals surface area (Å²) in [5.74, 6) is -0.866. The van der Waals surface area contributed by atoms with Crippen LogP contribution in [0.15, 0.2) is 24.3 Å². The van der Waals surface area contributed by atoms with Crippen LogP contribution in [0.3, 0.4) is 0 Å². The third kappa shape index (κ3) is 3.97. The monoisotopic (exact) mass is 276 g/mol. The van der Waals surface area contributed by atoms with Gasteiger partial charge in [0, 0.05) is 18.3 Å². The second-order valence-corrected chi connectivity index (χ2v) is 5.46. The Hall–Kier alpha value is -1.55. The zero-order valence-corrected chi connectivity index (χ0v) is 12.1. The summed E-state index contributed by atoms with van der Waals surface area (Å²) in [5, 5.41) is 12.6. The van der Waals surface area contributed by atoms with E-state index in [2.05, 4.69) is 17.1 Å². The van der Waals surface area contributed by atoms with Crippen LogP contribution >= 0.6 is 0 Å². The highest BCUT2D eigenvalue weighted by Gasteiger charge is 2.18. The van der Waals surface area contributed by atoms with Gasteiger partial charge in [-0.2, -0.15) is 0 Å². The molecule has 1 fully saturated rings. The molecule has 1 unspecified atom stereocenters. The smallest absolute Gasteiger partial charge is 0.337 e. The van der Waals surface area contributed by atoms with Crippen molar-refractivity contribution < 1.29 is 9.90 Å². The quantitative estimate of drug-likeness (QED) is 0.868. The topological polar surface area (TPSA) is 52.6 Å². The summed E-state index contributed by atoms with van der Waals surface area (Å²) in [6, 6.07) is 7.54. The van der Waals surface area contributed by atoms with Crippen LogP contribution in [0.25, 0.3) is 0 Å². The summed E-state index contributed by atoms with van der Waals surface area (Å²) >= 11 is 0. The number of aromatic carboxylic acids is 1. The molecule has 110 valence electrons. The lowest BCUT2D eigenvalue weighted by Gasteiger charge is -2.20. The minimum Gasteiger partial charge on any atom is -0.478 e. The largest absolute Gasteiger partial charge is 0.478 e. The van der Waals surface area contributed by atoms with E-state index in [1.165, 1.54) is 19.4 Å². The van der Waals surface area contributed by atoms with Gasteiger partial charge in [0.15, 0.2) is 0 Å². The lowest BCUT2D eigenvalue weighted by Crippen LogP contribution is -2.27. The summed E-state index contributed by atoms with van der Waals surface area (Å²) in [4.78, 5) is 13.7. The minimum absolute atomic E-state index is 0.363. The van der Waals surface area contributed by atoms with Gasteiger partial charge in [-0.05, 0) is 50.9 Å². The van der Waals surface area contributed by atoms with Crippen LogP contribution in [0.4, 0.5) is 5.69 Å². The molecule has 0 aliphatic carbocycles. The Bertz CT molecular complexity index is 448. The van der Waals surface area contributed by atoms with Crippen LogP contribution in [0.5, 0.6) is 0 Å². The lowest BCUT2D eigenvalue weighted by atomic mass is 10.1. The molecule has 2 rings (SSSR count). The zero-order chi connectivity index (χ0) is 14.4. The van der Waals surface area contributed by atoms with Crippen LogP contribution in [-0.2, 0) is 0 Å². The average molecular weight is 276 g/mol. The van der Waals surface area contributed by atoms with Crippen molar-refractivity contribution in [2.24, 2.45) is 0 Å². The molecular weight excluding hydrogens is 252 g/mol. The molecule has 1 aromatic rings. The molecule has 1 aromatic carbocycles. The number of carbonyl (C=O) groups is 1. The molecule has 0 amide bonds. The number of para-hydroxylation sites is 1. The van der Waals surface area contributed by atoms with E-state index in [1.54, 1.807) is 12.1 Å². The standard InChI is InChI=1S/C16H24N2O2/c1-2-10-18-11-5-6-13(9-12-18)17-15-8-4-3-7-14(15)16(19)20/h3-4,7-8,13,17H,2,5-6,9-12H2,1H3,(H,19,20). The van der Waals surface area contributed by atoms with Gasteiger partial charge in [0.1, 0.15) is 0 Å². The molecule has 0 aromatic heterocycles. The van der Waals surface area contributed by atoms with E-state index >= 15 is 0 Å². The van der Waals surface area contributed by atoms with Gasteiger partial charge in [0.05, 0.1) is 5.56 Å². The maximum Gasteiger partial charge on any atom is 0.337 e. The highest BCUT2D eigenvalue weighted by molar-refractivity contribution is 5.94. The number of hydrogen-bond donors (Lipinski definition) is 2. The van der Waals surface area contributed by atoms with Crippen LogP contribution in [0, 0.1) is 0 Å². The molecule has 0 saturated carbocycles. The van der Waals surface area contributed by atoms with Gasteiger partial charge in [-0.25, -0.2) is 4.79 Å². The van der Waals surface area contributed by atoms with Gasteiger partial charge in [0.25, 0.3) is 0 Å². The van der Waals surface area contributed by atoms with Gasteiger partial charge >= 0.3 is 5.97 Å². The molecule has 1 heterocycles. The fourth-order valence-corrected chi connectivity index (χ4v) is 2.86. The molecule has 0 bridgehead atoms. The highest BCUT2D eigenvalue weighted by Crippen LogP contribution is 2.20. The van der Waals surface area contributed by atoms with Crippen LogP contribution in [-0.4, -0.2) is 41.7 Å². The number of rotatable bonds is 5. The Kier molecular flexibility index (Phi) is 5.41. The maximum atomic E-state index is 11.2. The third-order valence-electron chi connectivity index (χ3n) is 3.88. The molecule has 4 heteroatoms. The highest BCUT2D eigenvalue weighted by atomic mass is 16.4. The van der Waals surface area contributed by atoms with Crippen molar-refractivity contribution in [3.63, 3.8) is 0 Å². The van der Waals surface area contributed by atoms with Gasteiger partial charge in [-0.1, -0.05) is 19.1 Å². The Labute approximate surface area is 120 Å². The number of hydrogen-bond acceptors (Lipinski definition) is 3. The van der Waals surface area contributed by atoms with E-state index in [0.29, 0.717) is 11.6 Å². The normalized spacial score (nSPS) is 20.4. The number of nitrogens with zero attached hydrogens (tertiary/aromatic N) is 1. The molecule has 0 radical (unpaired) electrons. The van der Waals surface area contributed by atoms with Gasteiger partial charge < -0.3 is 15.3 Å². The van der Waals surface area contributed by atoms with E-state index in [1.807, 2.05) is 12.1 Å². The Balaban J connectivity index is 1.98. The summed E-state index contributed by atoms with van der Waals surface area (Å²) in [7, 11) is 0. The van der Waals surface area contributed by atoms with Crippen molar-refractivity contribution in [2.45, 2.75) is 38.6 Å². The first kappa shape index (κ1) is 14.9. The number of carboxylic acids is 1. The Morgan fingerprint density at radius 2 is 2.15 bits per heavy atom. The Morgan fingerprint density at radius 1 is 1.35 bits per heavy atom. The molecule has 2 N–H and O–H groups in total. The SMILES string of the molecule is CCCN1CCCC(Nc2ccccc2C(=O)O)CC1. The molecule has 20 heavy (non-hydrogen) atoms. The molecule has 0 spiro atoms. The molecule has 1 aliphatic rings. The van der Waals surface area contributed by atoms with E-state index in [0.717, 1.165) is 31.6 Å². The molecule has 1 saturated heterocycles. The summed E-state index contributed by atoms with van der Waals surface area (Å²) in [6.45, 7) is 5.63. The summed E-state index contributed by atoms with van der Waals surface area (Å²) < 4.78 is 0. The zero-order valence-electron chi connectivity index (χ0n) is 12.1. The van der Waals surface area contributed by atoms with Crippen LogP contribution in [0.2, 0.25) is 0 Å². The maximum absolute atomic E-state index is 11.2. The first-order valence-corrected chi connectivity index (χ1v) is 7.52. The second-order valence-electron chi connectivity index (χ2n) is 5.46. The Morgan fingerprint density at radius 3 is 2.90 bits per heavy atom. The number of anilines is 1. The van der Waals surface area contributed by atoms with Crippen molar-refractivity contribution in [2.75, 3.05) is 25.0 Å². The van der Waals surface area contributed by atoms with Crippen molar-refractivity contribution in [1.82, 2.24) is 4.90 Å². The fourth-order valence-electron chi connectivity index (χ4n) is 2.86. The molecular formula is C16H24N2O2. The predicted octanol–water partition coefficient (Wildman–Crippen LogP) is 3.06. The summed E-state index contributed by atoms with van der Waals surface area (Å²) in [5.41, 5.74) is 1.11. The number of carboxylic acid groups (broad SMARTS) is 1. The lowest BCUT2D eigenvalue weighted by molar-refractivity contribution is 0.0698.